The Balaban J connectivity index is 1.40. The van der Waals surface area contributed by atoms with Gasteiger partial charge in [-0.2, -0.15) is 0 Å². The van der Waals surface area contributed by atoms with Crippen molar-refractivity contribution in [3.05, 3.63) is 53.1 Å². The Kier molecular flexibility index (Phi) is 5.19. The SMILES string of the molecule is COc1ccc(CCC(=O)NC2CCCc3cc4c(cc32)OCCO4)cc1. The van der Waals surface area contributed by atoms with Gasteiger partial charge in [0.25, 0.3) is 0 Å². The minimum absolute atomic E-state index is 0.0490. The molecule has 2 aromatic carbocycles. The molecule has 2 aliphatic rings. The van der Waals surface area contributed by atoms with Crippen molar-refractivity contribution in [2.45, 2.75) is 38.1 Å². The largest absolute Gasteiger partial charge is 0.497 e. The van der Waals surface area contributed by atoms with Gasteiger partial charge in [0.05, 0.1) is 13.2 Å². The van der Waals surface area contributed by atoms with E-state index in [9.17, 15) is 4.79 Å². The molecule has 5 heteroatoms. The highest BCUT2D eigenvalue weighted by Gasteiger charge is 2.25. The number of nitrogens with one attached hydrogen (secondary N) is 1. The van der Waals surface area contributed by atoms with E-state index >= 15 is 0 Å². The third kappa shape index (κ3) is 4.02. The quantitative estimate of drug-likeness (QED) is 0.877. The lowest BCUT2D eigenvalue weighted by molar-refractivity contribution is -0.121. The molecule has 0 bridgehead atoms. The second-order valence-corrected chi connectivity index (χ2v) is 7.06. The Morgan fingerprint density at radius 2 is 1.89 bits per heavy atom. The third-order valence-electron chi connectivity index (χ3n) is 5.25. The van der Waals surface area contributed by atoms with Crippen LogP contribution in [0.2, 0.25) is 0 Å². The van der Waals surface area contributed by atoms with Crippen LogP contribution in [0.25, 0.3) is 0 Å². The zero-order valence-corrected chi connectivity index (χ0v) is 15.6. The van der Waals surface area contributed by atoms with Crippen molar-refractivity contribution in [3.8, 4) is 17.2 Å². The monoisotopic (exact) mass is 367 g/mol. The Morgan fingerprint density at radius 3 is 2.63 bits per heavy atom. The highest BCUT2D eigenvalue weighted by molar-refractivity contribution is 5.77. The number of carbonyl (C=O) groups excluding carboxylic acids is 1. The van der Waals surface area contributed by atoms with E-state index in [4.69, 9.17) is 14.2 Å². The number of benzene rings is 2. The maximum absolute atomic E-state index is 12.5. The van der Waals surface area contributed by atoms with Crippen LogP contribution in [0.15, 0.2) is 36.4 Å². The predicted octanol–water partition coefficient (Wildman–Crippen LogP) is 3.59. The van der Waals surface area contributed by atoms with Crippen LogP contribution >= 0.6 is 0 Å². The number of aryl methyl sites for hydroxylation is 2. The first-order valence-electron chi connectivity index (χ1n) is 9.57. The Hall–Kier alpha value is -2.69. The average Bonchev–Trinajstić information content (AvgIpc) is 2.71. The summed E-state index contributed by atoms with van der Waals surface area (Å²) in [5.41, 5.74) is 3.56. The maximum atomic E-state index is 12.5. The van der Waals surface area contributed by atoms with Crippen LogP contribution in [0.4, 0.5) is 0 Å². The van der Waals surface area contributed by atoms with Crippen LogP contribution in [0.5, 0.6) is 17.2 Å². The van der Waals surface area contributed by atoms with E-state index in [0.717, 1.165) is 48.5 Å². The van der Waals surface area contributed by atoms with Crippen molar-refractivity contribution in [2.75, 3.05) is 20.3 Å². The summed E-state index contributed by atoms with van der Waals surface area (Å²) in [6.45, 7) is 1.17. The number of hydrogen-bond donors (Lipinski definition) is 1. The van der Waals surface area contributed by atoms with Crippen LogP contribution in [-0.4, -0.2) is 26.2 Å². The first-order chi connectivity index (χ1) is 13.2. The summed E-state index contributed by atoms with van der Waals surface area (Å²) in [7, 11) is 1.65. The summed E-state index contributed by atoms with van der Waals surface area (Å²) in [5.74, 6) is 2.53. The van der Waals surface area contributed by atoms with E-state index in [1.165, 1.54) is 11.1 Å². The number of amides is 1. The molecular formula is C22H25NO4. The maximum Gasteiger partial charge on any atom is 0.220 e. The van der Waals surface area contributed by atoms with Crippen molar-refractivity contribution >= 4 is 5.91 Å². The van der Waals surface area contributed by atoms with Gasteiger partial charge in [-0.15, -0.1) is 0 Å². The number of carbonyl (C=O) groups is 1. The van der Waals surface area contributed by atoms with Crippen LogP contribution in [0.1, 0.15) is 42.0 Å². The van der Waals surface area contributed by atoms with Crippen LogP contribution in [0, 0.1) is 0 Å². The lowest BCUT2D eigenvalue weighted by Gasteiger charge is -2.29. The lowest BCUT2D eigenvalue weighted by atomic mass is 9.87. The average molecular weight is 367 g/mol. The van der Waals surface area contributed by atoms with Gasteiger partial charge in [-0.25, -0.2) is 0 Å². The fourth-order valence-corrected chi connectivity index (χ4v) is 3.81. The van der Waals surface area contributed by atoms with E-state index in [1.807, 2.05) is 24.3 Å². The topological polar surface area (TPSA) is 56.8 Å². The molecule has 4 rings (SSSR count). The van der Waals surface area contributed by atoms with Crippen molar-refractivity contribution in [1.29, 1.82) is 0 Å². The van der Waals surface area contributed by atoms with Gasteiger partial charge in [0.15, 0.2) is 11.5 Å². The first-order valence-corrected chi connectivity index (χ1v) is 9.57. The fourth-order valence-electron chi connectivity index (χ4n) is 3.81. The number of rotatable bonds is 5. The van der Waals surface area contributed by atoms with Crippen LogP contribution in [0.3, 0.4) is 0 Å². The summed E-state index contributed by atoms with van der Waals surface area (Å²) in [6, 6.07) is 12.0. The van der Waals surface area contributed by atoms with E-state index in [-0.39, 0.29) is 11.9 Å². The fraction of sp³-hybridized carbons (Fsp3) is 0.409. The minimum Gasteiger partial charge on any atom is -0.497 e. The van der Waals surface area contributed by atoms with Crippen LogP contribution < -0.4 is 19.5 Å². The standard InChI is InChI=1S/C22H25NO4/c1-25-17-8-5-15(6-9-17)7-10-22(24)23-19-4-2-3-16-13-20-21(14-18(16)19)27-12-11-26-20/h5-6,8-9,13-14,19H,2-4,7,10-12H2,1H3,(H,23,24). The molecule has 0 spiro atoms. The number of fused-ring (bicyclic) bond motifs is 2. The predicted molar refractivity (Wildman–Crippen MR) is 103 cm³/mol. The molecule has 5 nitrogen and oxygen atoms in total. The molecule has 1 heterocycles. The van der Waals surface area contributed by atoms with Crippen molar-refractivity contribution in [3.63, 3.8) is 0 Å². The van der Waals surface area contributed by atoms with Gasteiger partial charge in [0, 0.05) is 6.42 Å². The molecule has 1 aliphatic carbocycles. The van der Waals surface area contributed by atoms with Crippen LogP contribution in [-0.2, 0) is 17.6 Å². The second kappa shape index (κ2) is 7.91. The van der Waals surface area contributed by atoms with E-state index in [0.29, 0.717) is 19.6 Å². The van der Waals surface area contributed by atoms with Crippen molar-refractivity contribution < 1.29 is 19.0 Å². The molecular weight excluding hydrogens is 342 g/mol. The van der Waals surface area contributed by atoms with Crippen molar-refractivity contribution in [1.82, 2.24) is 5.32 Å². The summed E-state index contributed by atoms with van der Waals surface area (Å²) >= 11 is 0. The van der Waals surface area contributed by atoms with E-state index < -0.39 is 0 Å². The number of ether oxygens (including phenoxy) is 3. The molecule has 1 amide bonds. The molecule has 1 unspecified atom stereocenters. The van der Waals surface area contributed by atoms with Gasteiger partial charge in [-0.1, -0.05) is 12.1 Å². The van der Waals surface area contributed by atoms with Gasteiger partial charge >= 0.3 is 0 Å². The molecule has 142 valence electrons. The van der Waals surface area contributed by atoms with Crippen molar-refractivity contribution in [2.24, 2.45) is 0 Å². The van der Waals surface area contributed by atoms with E-state index in [2.05, 4.69) is 17.4 Å². The molecule has 1 aliphatic heterocycles. The highest BCUT2D eigenvalue weighted by atomic mass is 16.6. The Bertz CT molecular complexity index is 816. The Morgan fingerprint density at radius 1 is 1.15 bits per heavy atom. The second-order valence-electron chi connectivity index (χ2n) is 7.06. The molecule has 1 N–H and O–H groups in total. The number of methoxy groups -OCH3 is 1. The first kappa shape index (κ1) is 17.7. The summed E-state index contributed by atoms with van der Waals surface area (Å²) in [6.07, 6.45) is 4.24. The van der Waals surface area contributed by atoms with Gasteiger partial charge in [0.2, 0.25) is 5.91 Å². The molecule has 0 saturated carbocycles. The highest BCUT2D eigenvalue weighted by Crippen LogP contribution is 2.39. The van der Waals surface area contributed by atoms with Gasteiger partial charge < -0.3 is 19.5 Å². The number of hydrogen-bond acceptors (Lipinski definition) is 4. The normalized spacial score (nSPS) is 17.7. The van der Waals surface area contributed by atoms with Gasteiger partial charge in [-0.05, 0) is 66.6 Å². The smallest absolute Gasteiger partial charge is 0.220 e. The molecule has 0 radical (unpaired) electrons. The molecule has 0 aromatic heterocycles. The summed E-state index contributed by atoms with van der Waals surface area (Å²) in [5, 5.41) is 3.21. The zero-order chi connectivity index (χ0) is 18.6. The minimum atomic E-state index is 0.0490. The van der Waals surface area contributed by atoms with Gasteiger partial charge in [-0.3, -0.25) is 4.79 Å². The third-order valence-corrected chi connectivity index (χ3v) is 5.25. The zero-order valence-electron chi connectivity index (χ0n) is 15.6. The summed E-state index contributed by atoms with van der Waals surface area (Å²) < 4.78 is 16.6. The molecule has 0 fully saturated rings. The van der Waals surface area contributed by atoms with Gasteiger partial charge in [0.1, 0.15) is 19.0 Å². The van der Waals surface area contributed by atoms with E-state index in [1.54, 1.807) is 7.11 Å². The Labute approximate surface area is 159 Å². The molecule has 2 aromatic rings. The molecule has 0 saturated heterocycles. The molecule has 27 heavy (non-hydrogen) atoms. The summed E-state index contributed by atoms with van der Waals surface area (Å²) in [4.78, 5) is 12.5. The molecule has 1 atom stereocenters. The lowest BCUT2D eigenvalue weighted by Crippen LogP contribution is -2.31.